The maximum absolute atomic E-state index is 11.4. The number of primary amides is 1. The van der Waals surface area contributed by atoms with Crippen LogP contribution >= 0.6 is 11.8 Å². The Morgan fingerprint density at radius 1 is 1.40 bits per heavy atom. The van der Waals surface area contributed by atoms with Crippen LogP contribution in [0.5, 0.6) is 0 Å². The molecule has 0 aliphatic carbocycles. The summed E-state index contributed by atoms with van der Waals surface area (Å²) in [6.07, 6.45) is 1.95. The molecule has 0 bridgehead atoms. The number of rotatable bonds is 2. The van der Waals surface area contributed by atoms with Crippen LogP contribution in [0.2, 0.25) is 0 Å². The third-order valence-electron chi connectivity index (χ3n) is 2.49. The topological polar surface area (TPSA) is 48.0 Å². The molecule has 0 aliphatic heterocycles. The zero-order valence-corrected chi connectivity index (χ0v) is 9.47. The number of hydrogen-bond acceptors (Lipinski definition) is 2. The van der Waals surface area contributed by atoms with E-state index < -0.39 is 0 Å². The Hall–Kier alpha value is -1.42. The van der Waals surface area contributed by atoms with Crippen molar-refractivity contribution in [3.05, 3.63) is 29.8 Å². The lowest BCUT2D eigenvalue weighted by Gasteiger charge is -2.00. The quantitative estimate of drug-likeness (QED) is 0.787. The maximum atomic E-state index is 11.4. The fourth-order valence-corrected chi connectivity index (χ4v) is 2.63. The molecule has 0 radical (unpaired) electrons. The monoisotopic (exact) mass is 220 g/mol. The van der Waals surface area contributed by atoms with Crippen LogP contribution in [0.4, 0.5) is 0 Å². The molecule has 0 atom stereocenters. The molecule has 4 heteroatoms. The van der Waals surface area contributed by atoms with Crippen molar-refractivity contribution in [2.24, 2.45) is 12.8 Å². The second-order valence-electron chi connectivity index (χ2n) is 3.32. The molecule has 1 aromatic carbocycles. The normalized spacial score (nSPS) is 10.8. The summed E-state index contributed by atoms with van der Waals surface area (Å²) in [7, 11) is 1.95. The first kappa shape index (κ1) is 10.1. The van der Waals surface area contributed by atoms with Gasteiger partial charge in [-0.1, -0.05) is 18.2 Å². The Morgan fingerprint density at radius 2 is 2.07 bits per heavy atom. The lowest BCUT2D eigenvalue weighted by atomic mass is 10.2. The van der Waals surface area contributed by atoms with Gasteiger partial charge in [0.25, 0.3) is 5.91 Å². The Balaban J connectivity index is 2.91. The summed E-state index contributed by atoms with van der Waals surface area (Å²) >= 11 is 1.54. The highest BCUT2D eigenvalue weighted by atomic mass is 32.2. The Kier molecular flexibility index (Phi) is 2.44. The maximum Gasteiger partial charge on any atom is 0.252 e. The molecule has 0 saturated heterocycles. The summed E-state index contributed by atoms with van der Waals surface area (Å²) in [4.78, 5) is 11.4. The molecule has 2 aromatic rings. The van der Waals surface area contributed by atoms with Crippen LogP contribution in [-0.2, 0) is 7.05 Å². The van der Waals surface area contributed by atoms with Crippen molar-refractivity contribution < 1.29 is 4.79 Å². The molecule has 0 saturated carbocycles. The smallest absolute Gasteiger partial charge is 0.252 e. The van der Waals surface area contributed by atoms with Crippen molar-refractivity contribution in [3.8, 4) is 0 Å². The van der Waals surface area contributed by atoms with E-state index in [1.165, 1.54) is 11.8 Å². The Morgan fingerprint density at radius 3 is 2.67 bits per heavy atom. The highest BCUT2D eigenvalue weighted by molar-refractivity contribution is 7.98. The highest BCUT2D eigenvalue weighted by Gasteiger charge is 2.17. The van der Waals surface area contributed by atoms with Gasteiger partial charge in [0.2, 0.25) is 0 Å². The van der Waals surface area contributed by atoms with E-state index in [9.17, 15) is 4.79 Å². The molecule has 15 heavy (non-hydrogen) atoms. The number of carbonyl (C=O) groups excluding carboxylic acids is 1. The number of aromatic nitrogens is 1. The number of fused-ring (bicyclic) bond motifs is 1. The lowest BCUT2D eigenvalue weighted by Crippen LogP contribution is -2.11. The number of aryl methyl sites for hydroxylation is 1. The van der Waals surface area contributed by atoms with E-state index in [4.69, 9.17) is 5.73 Å². The van der Waals surface area contributed by atoms with Gasteiger partial charge in [0.1, 0.15) is 0 Å². The third-order valence-corrected chi connectivity index (χ3v) is 3.36. The van der Waals surface area contributed by atoms with Crippen molar-refractivity contribution in [2.75, 3.05) is 6.26 Å². The first-order chi connectivity index (χ1) is 7.16. The first-order valence-electron chi connectivity index (χ1n) is 4.58. The number of benzene rings is 1. The van der Waals surface area contributed by atoms with Crippen LogP contribution in [0, 0.1) is 0 Å². The molecule has 1 aromatic heterocycles. The van der Waals surface area contributed by atoms with E-state index in [-0.39, 0.29) is 5.91 Å². The number of amides is 1. The summed E-state index contributed by atoms with van der Waals surface area (Å²) in [5, 5.41) is 1.85. The summed E-state index contributed by atoms with van der Waals surface area (Å²) in [5.41, 5.74) is 7.07. The van der Waals surface area contributed by atoms with Crippen LogP contribution in [0.3, 0.4) is 0 Å². The van der Waals surface area contributed by atoms with E-state index in [0.29, 0.717) is 5.56 Å². The SMILES string of the molecule is CSc1c(C(N)=O)c2ccccc2n1C. The summed E-state index contributed by atoms with van der Waals surface area (Å²) in [6.45, 7) is 0. The van der Waals surface area contributed by atoms with Crippen LogP contribution in [0.1, 0.15) is 10.4 Å². The van der Waals surface area contributed by atoms with Gasteiger partial charge >= 0.3 is 0 Å². The van der Waals surface area contributed by atoms with Crippen LogP contribution in [0.15, 0.2) is 29.3 Å². The number of hydrogen-bond donors (Lipinski definition) is 1. The van der Waals surface area contributed by atoms with Gasteiger partial charge in [0.15, 0.2) is 0 Å². The summed E-state index contributed by atoms with van der Waals surface area (Å²) in [6, 6.07) is 7.78. The molecule has 0 aliphatic rings. The molecule has 0 fully saturated rings. The van der Waals surface area contributed by atoms with Gasteiger partial charge in [-0.2, -0.15) is 0 Å². The van der Waals surface area contributed by atoms with E-state index in [2.05, 4.69) is 0 Å². The summed E-state index contributed by atoms with van der Waals surface area (Å²) in [5.74, 6) is -0.365. The molecule has 1 amide bonds. The zero-order valence-electron chi connectivity index (χ0n) is 8.65. The van der Waals surface area contributed by atoms with Gasteiger partial charge < -0.3 is 10.3 Å². The molecule has 1 heterocycles. The molecule has 2 rings (SSSR count). The van der Waals surface area contributed by atoms with Gasteiger partial charge in [0, 0.05) is 18.0 Å². The largest absolute Gasteiger partial charge is 0.365 e. The van der Waals surface area contributed by atoms with Gasteiger partial charge in [-0.3, -0.25) is 4.79 Å². The number of nitrogens with two attached hydrogens (primary N) is 1. The second-order valence-corrected chi connectivity index (χ2v) is 4.12. The zero-order chi connectivity index (χ0) is 11.0. The Labute approximate surface area is 92.3 Å². The molecular formula is C11H12N2OS. The number of thioether (sulfide) groups is 1. The van der Waals surface area contributed by atoms with Crippen molar-refractivity contribution in [2.45, 2.75) is 5.03 Å². The predicted molar refractivity (Wildman–Crippen MR) is 63.2 cm³/mol. The fourth-order valence-electron chi connectivity index (χ4n) is 1.85. The van der Waals surface area contributed by atoms with Crippen LogP contribution in [-0.4, -0.2) is 16.7 Å². The molecule has 3 nitrogen and oxygen atoms in total. The first-order valence-corrected chi connectivity index (χ1v) is 5.80. The average Bonchev–Trinajstić information content (AvgIpc) is 2.52. The van der Waals surface area contributed by atoms with Gasteiger partial charge in [0.05, 0.1) is 10.6 Å². The van der Waals surface area contributed by atoms with Crippen molar-refractivity contribution >= 4 is 28.6 Å². The lowest BCUT2D eigenvalue weighted by molar-refractivity contribution is 0.0998. The van der Waals surface area contributed by atoms with E-state index in [1.807, 2.05) is 42.1 Å². The fraction of sp³-hybridized carbons (Fsp3) is 0.182. The molecule has 2 N–H and O–H groups in total. The van der Waals surface area contributed by atoms with Crippen molar-refractivity contribution in [1.82, 2.24) is 4.57 Å². The number of carbonyl (C=O) groups is 1. The predicted octanol–water partition coefficient (Wildman–Crippen LogP) is 2.00. The van der Waals surface area contributed by atoms with Crippen molar-refractivity contribution in [1.29, 1.82) is 0 Å². The number of para-hydroxylation sites is 1. The number of nitrogens with zero attached hydrogens (tertiary/aromatic N) is 1. The van der Waals surface area contributed by atoms with Gasteiger partial charge in [-0.05, 0) is 12.3 Å². The summed E-state index contributed by atoms with van der Waals surface area (Å²) < 4.78 is 2.00. The van der Waals surface area contributed by atoms with Gasteiger partial charge in [-0.25, -0.2) is 0 Å². The van der Waals surface area contributed by atoms with E-state index in [1.54, 1.807) is 0 Å². The van der Waals surface area contributed by atoms with Crippen LogP contribution < -0.4 is 5.73 Å². The second kappa shape index (κ2) is 3.62. The third kappa shape index (κ3) is 1.41. The average molecular weight is 220 g/mol. The minimum Gasteiger partial charge on any atom is -0.365 e. The molecule has 78 valence electrons. The minimum atomic E-state index is -0.365. The minimum absolute atomic E-state index is 0.365. The molecule has 0 spiro atoms. The van der Waals surface area contributed by atoms with E-state index >= 15 is 0 Å². The Bertz CT molecular complexity index is 531. The standard InChI is InChI=1S/C11H12N2OS/c1-13-8-6-4-3-5-7(8)9(10(12)14)11(13)15-2/h3-6H,1-2H3,(H2,12,14). The van der Waals surface area contributed by atoms with Gasteiger partial charge in [-0.15, -0.1) is 11.8 Å². The van der Waals surface area contributed by atoms with Crippen LogP contribution in [0.25, 0.3) is 10.9 Å². The van der Waals surface area contributed by atoms with E-state index in [0.717, 1.165) is 15.9 Å². The van der Waals surface area contributed by atoms with Crippen molar-refractivity contribution in [3.63, 3.8) is 0 Å². The highest BCUT2D eigenvalue weighted by Crippen LogP contribution is 2.30. The molecular weight excluding hydrogens is 208 g/mol. The molecule has 0 unspecified atom stereocenters.